The number of amides is 4. The van der Waals surface area contributed by atoms with Gasteiger partial charge in [-0.05, 0) is 74.9 Å². The molecule has 1 saturated heterocycles. The molecule has 4 aliphatic rings. The number of nitrogens with one attached hydrogen (secondary N) is 3. The number of nitrogens with zero attached hydrogens (tertiary/aromatic N) is 2. The van der Waals surface area contributed by atoms with Crippen molar-refractivity contribution in [2.45, 2.75) is 92.9 Å². The SMILES string of the molecule is COc1ccc(-c2cc(O[C@@H]3C[C@H]4C(=O)N[C@]5(C(=O)NS(=O)(=O)C6CC6)C[C@@H]5/C=C\CCCCC[C@H](NC(=O)C(F)(F)F)C(=O)N4C3)c3oc4ccccc4c3n2)cc1. The van der Waals surface area contributed by atoms with Crippen molar-refractivity contribution in [3.8, 4) is 22.8 Å². The number of alkyl halides is 3. The monoisotopic (exact) mass is 837 g/mol. The number of para-hydroxylation sites is 1. The third-order valence-electron chi connectivity index (χ3n) is 11.4. The molecule has 0 unspecified atom stereocenters. The van der Waals surface area contributed by atoms with E-state index in [1.807, 2.05) is 35.7 Å². The number of halogens is 3. The lowest BCUT2D eigenvalue weighted by atomic mass is 10.0. The van der Waals surface area contributed by atoms with Crippen molar-refractivity contribution < 1.29 is 54.7 Å². The van der Waals surface area contributed by atoms with Crippen LogP contribution in [0, 0.1) is 5.92 Å². The maximum absolute atomic E-state index is 14.4. The molecule has 2 aliphatic heterocycles. The van der Waals surface area contributed by atoms with Crippen molar-refractivity contribution in [1.82, 2.24) is 25.2 Å². The molecule has 18 heteroatoms. The van der Waals surface area contributed by atoms with Crippen molar-refractivity contribution in [3.05, 3.63) is 66.7 Å². The maximum Gasteiger partial charge on any atom is 0.471 e. The lowest BCUT2D eigenvalue weighted by Crippen LogP contribution is -2.58. The van der Waals surface area contributed by atoms with Crippen molar-refractivity contribution in [3.63, 3.8) is 0 Å². The quantitative estimate of drug-likeness (QED) is 0.203. The summed E-state index contributed by atoms with van der Waals surface area (Å²) in [5.41, 5.74) is 0.817. The van der Waals surface area contributed by atoms with Gasteiger partial charge in [-0.25, -0.2) is 13.4 Å². The van der Waals surface area contributed by atoms with Crippen LogP contribution in [0.15, 0.2) is 71.2 Å². The molecular weight excluding hydrogens is 796 g/mol. The van der Waals surface area contributed by atoms with Crippen LogP contribution in [0.3, 0.4) is 0 Å². The van der Waals surface area contributed by atoms with E-state index in [2.05, 4.69) is 10.0 Å². The van der Waals surface area contributed by atoms with E-state index in [-0.39, 0.29) is 43.6 Å². The van der Waals surface area contributed by atoms with Gasteiger partial charge in [0.15, 0.2) is 11.3 Å². The number of ether oxygens (including phenoxy) is 2. The van der Waals surface area contributed by atoms with Gasteiger partial charge < -0.3 is 29.4 Å². The zero-order valence-electron chi connectivity index (χ0n) is 31.9. The Bertz CT molecular complexity index is 2450. The molecule has 2 aromatic heterocycles. The first-order chi connectivity index (χ1) is 28.2. The molecule has 0 bridgehead atoms. The fourth-order valence-electron chi connectivity index (χ4n) is 7.92. The van der Waals surface area contributed by atoms with Crippen molar-refractivity contribution >= 4 is 55.7 Å². The van der Waals surface area contributed by atoms with Crippen molar-refractivity contribution in [2.75, 3.05) is 13.7 Å². The molecular formula is C41H42F3N5O9S. The molecule has 4 heterocycles. The molecule has 0 radical (unpaired) electrons. The van der Waals surface area contributed by atoms with Gasteiger partial charge in [0.25, 0.3) is 5.91 Å². The number of hydrogen-bond donors (Lipinski definition) is 3. The summed E-state index contributed by atoms with van der Waals surface area (Å²) in [6, 6.07) is 13.0. The summed E-state index contributed by atoms with van der Waals surface area (Å²) in [6.07, 6.45) is -0.197. The molecule has 312 valence electrons. The number of benzene rings is 2. The van der Waals surface area contributed by atoms with E-state index in [0.29, 0.717) is 65.6 Å². The predicted molar refractivity (Wildman–Crippen MR) is 207 cm³/mol. The highest BCUT2D eigenvalue weighted by Gasteiger charge is 2.62. The molecule has 4 aromatic rings. The minimum atomic E-state index is -5.28. The molecule has 3 fully saturated rings. The first-order valence-corrected chi connectivity index (χ1v) is 21.1. The van der Waals surface area contributed by atoms with Gasteiger partial charge in [0.1, 0.15) is 40.6 Å². The van der Waals surface area contributed by atoms with E-state index in [0.717, 1.165) is 4.90 Å². The van der Waals surface area contributed by atoms with E-state index in [9.17, 15) is 40.8 Å². The number of fused-ring (bicyclic) bond motifs is 5. The zero-order chi connectivity index (χ0) is 41.7. The maximum atomic E-state index is 14.4. The molecule has 0 spiro atoms. The van der Waals surface area contributed by atoms with Crippen LogP contribution < -0.4 is 24.8 Å². The first kappa shape index (κ1) is 40.1. The van der Waals surface area contributed by atoms with Crippen LogP contribution in [0.25, 0.3) is 33.3 Å². The summed E-state index contributed by atoms with van der Waals surface area (Å²) >= 11 is 0. The minimum Gasteiger partial charge on any atom is -0.497 e. The Morgan fingerprint density at radius 1 is 1.03 bits per heavy atom. The number of pyridine rings is 1. The number of furan rings is 1. The topological polar surface area (TPSA) is 186 Å². The second kappa shape index (κ2) is 15.5. The van der Waals surface area contributed by atoms with Gasteiger partial charge in [-0.2, -0.15) is 13.2 Å². The molecule has 4 amide bonds. The van der Waals surface area contributed by atoms with Crippen LogP contribution in [-0.2, 0) is 29.2 Å². The smallest absolute Gasteiger partial charge is 0.471 e. The summed E-state index contributed by atoms with van der Waals surface area (Å²) in [4.78, 5) is 60.7. The van der Waals surface area contributed by atoms with Gasteiger partial charge >= 0.3 is 12.1 Å². The average molecular weight is 838 g/mol. The van der Waals surface area contributed by atoms with E-state index in [1.165, 1.54) is 0 Å². The molecule has 8 rings (SSSR count). The highest BCUT2D eigenvalue weighted by molar-refractivity contribution is 7.91. The van der Waals surface area contributed by atoms with Crippen LogP contribution in [-0.4, -0.2) is 90.7 Å². The van der Waals surface area contributed by atoms with Crippen LogP contribution in [0.2, 0.25) is 0 Å². The van der Waals surface area contributed by atoms with Crippen LogP contribution >= 0.6 is 0 Å². The van der Waals surface area contributed by atoms with E-state index >= 15 is 0 Å². The van der Waals surface area contributed by atoms with Crippen LogP contribution in [0.5, 0.6) is 11.5 Å². The number of methoxy groups -OCH3 is 1. The highest BCUT2D eigenvalue weighted by atomic mass is 32.2. The Morgan fingerprint density at radius 2 is 1.80 bits per heavy atom. The van der Waals surface area contributed by atoms with Crippen molar-refractivity contribution in [2.24, 2.45) is 5.92 Å². The summed E-state index contributed by atoms with van der Waals surface area (Å²) in [6.45, 7) is -0.296. The lowest BCUT2D eigenvalue weighted by Gasteiger charge is -2.30. The Kier molecular flexibility index (Phi) is 10.6. The molecule has 3 N–H and O–H groups in total. The lowest BCUT2D eigenvalue weighted by molar-refractivity contribution is -0.175. The van der Waals surface area contributed by atoms with Gasteiger partial charge in [-0.1, -0.05) is 37.1 Å². The van der Waals surface area contributed by atoms with Crippen LogP contribution in [0.1, 0.15) is 57.8 Å². The van der Waals surface area contributed by atoms with Crippen LogP contribution in [0.4, 0.5) is 13.2 Å². The minimum absolute atomic E-state index is 0.0846. The van der Waals surface area contributed by atoms with Crippen molar-refractivity contribution in [1.29, 1.82) is 0 Å². The Hall–Kier alpha value is -5.65. The number of sulfonamides is 1. The van der Waals surface area contributed by atoms with Gasteiger partial charge in [-0.15, -0.1) is 0 Å². The third-order valence-corrected chi connectivity index (χ3v) is 13.2. The Balaban J connectivity index is 1.15. The fraction of sp³-hybridized carbons (Fsp3) is 0.439. The third kappa shape index (κ3) is 8.18. The number of allylic oxidation sites excluding steroid dienone is 1. The summed E-state index contributed by atoms with van der Waals surface area (Å²) in [5, 5.41) is 4.57. The second-order valence-corrected chi connectivity index (χ2v) is 17.5. The zero-order valence-corrected chi connectivity index (χ0v) is 32.7. The summed E-state index contributed by atoms with van der Waals surface area (Å²) in [7, 11) is -2.45. The van der Waals surface area contributed by atoms with Gasteiger partial charge in [0.2, 0.25) is 21.8 Å². The molecule has 2 saturated carbocycles. The fourth-order valence-corrected chi connectivity index (χ4v) is 9.28. The molecule has 5 atom stereocenters. The highest BCUT2D eigenvalue weighted by Crippen LogP contribution is 2.46. The predicted octanol–water partition coefficient (Wildman–Crippen LogP) is 5.06. The summed E-state index contributed by atoms with van der Waals surface area (Å²) in [5.74, 6) is -4.70. The van der Waals surface area contributed by atoms with Gasteiger partial charge in [0.05, 0.1) is 24.6 Å². The average Bonchev–Trinajstić information content (AvgIpc) is 4.11. The Labute approximate surface area is 336 Å². The molecule has 2 aliphatic carbocycles. The normalized spacial score (nSPS) is 25.9. The first-order valence-electron chi connectivity index (χ1n) is 19.5. The number of hydrogen-bond acceptors (Lipinski definition) is 10. The number of aromatic nitrogens is 1. The van der Waals surface area contributed by atoms with E-state index in [4.69, 9.17) is 18.9 Å². The second-order valence-electron chi connectivity index (χ2n) is 15.5. The summed E-state index contributed by atoms with van der Waals surface area (Å²) < 4.78 is 86.6. The van der Waals surface area contributed by atoms with E-state index in [1.54, 1.807) is 43.5 Å². The number of rotatable bonds is 8. The molecule has 14 nitrogen and oxygen atoms in total. The molecule has 59 heavy (non-hydrogen) atoms. The number of carbonyl (C=O) groups is 4. The van der Waals surface area contributed by atoms with Gasteiger partial charge in [0, 0.05) is 29.4 Å². The van der Waals surface area contributed by atoms with E-state index < -0.39 is 74.7 Å². The number of carbonyl (C=O) groups excluding carboxylic acids is 4. The largest absolute Gasteiger partial charge is 0.497 e. The standard InChI is InChI=1S/C41H42F3N5O9S/c1-56-25-15-13-23(14-16-25)30-20-33(35-34(45-30)28-10-7-8-12-32(28)58-35)57-26-19-31-36(50)47-40(38(52)48-59(54,55)27-17-18-27)21-24(40)9-5-3-2-4-6-11-29(37(51)49(31)22-26)46-39(53)41(42,43)44/h5,7-10,12-16,20,24,26-27,29,31H,2-4,6,11,17-19,21-22H2,1H3,(H,46,53)(H,47,50)(H,48,52)/b9-5-/t24-,26+,29-,31-,40+/m0/s1. The molecule has 2 aromatic carbocycles. The Morgan fingerprint density at radius 3 is 2.53 bits per heavy atom. The van der Waals surface area contributed by atoms with Gasteiger partial charge in [-0.3, -0.25) is 23.9 Å².